The first-order valence-corrected chi connectivity index (χ1v) is 6.59. The van der Waals surface area contributed by atoms with Crippen molar-refractivity contribution < 1.29 is 18.3 Å². The van der Waals surface area contributed by atoms with Gasteiger partial charge in [-0.2, -0.15) is 0 Å². The largest absolute Gasteiger partial charge is 0.586 e. The highest BCUT2D eigenvalue weighted by molar-refractivity contribution is 7.16. The van der Waals surface area contributed by atoms with Crippen LogP contribution in [-0.2, 0) is 6.54 Å². The first-order valence-electron chi connectivity index (χ1n) is 5.40. The van der Waals surface area contributed by atoms with Gasteiger partial charge in [-0.25, -0.2) is 0 Å². The molecule has 2 aromatic rings. The zero-order chi connectivity index (χ0) is 13.5. The molecule has 7 heteroatoms. The van der Waals surface area contributed by atoms with Crippen molar-refractivity contribution in [1.82, 2.24) is 0 Å². The van der Waals surface area contributed by atoms with Crippen molar-refractivity contribution in [3.05, 3.63) is 39.5 Å². The second-order valence-electron chi connectivity index (χ2n) is 3.89. The predicted molar refractivity (Wildman–Crippen MR) is 69.3 cm³/mol. The van der Waals surface area contributed by atoms with Crippen molar-refractivity contribution >= 4 is 28.6 Å². The molecule has 100 valence electrons. The van der Waals surface area contributed by atoms with Crippen LogP contribution in [-0.4, -0.2) is 6.29 Å². The summed E-state index contributed by atoms with van der Waals surface area (Å²) in [7, 11) is 0. The van der Waals surface area contributed by atoms with E-state index >= 15 is 0 Å². The molecular weight excluding hydrogens is 296 g/mol. The first kappa shape index (κ1) is 12.5. The minimum Gasteiger partial charge on any atom is -0.395 e. The van der Waals surface area contributed by atoms with Crippen LogP contribution >= 0.6 is 22.9 Å². The van der Waals surface area contributed by atoms with E-state index in [0.29, 0.717) is 16.6 Å². The molecule has 0 bridgehead atoms. The lowest BCUT2D eigenvalue weighted by atomic mass is 10.3. The number of nitrogens with one attached hydrogen (secondary N) is 1. The molecule has 3 nitrogen and oxygen atoms in total. The van der Waals surface area contributed by atoms with Gasteiger partial charge in [0, 0.05) is 23.2 Å². The van der Waals surface area contributed by atoms with Gasteiger partial charge in [0.2, 0.25) is 0 Å². The Bertz CT molecular complexity index is 618. The molecule has 0 fully saturated rings. The van der Waals surface area contributed by atoms with Gasteiger partial charge in [0.05, 0.1) is 4.34 Å². The zero-order valence-electron chi connectivity index (χ0n) is 9.45. The summed E-state index contributed by atoms with van der Waals surface area (Å²) >= 11 is 7.28. The molecule has 0 aliphatic carbocycles. The Morgan fingerprint density at radius 3 is 2.68 bits per heavy atom. The molecule has 0 amide bonds. The van der Waals surface area contributed by atoms with Gasteiger partial charge in [-0.1, -0.05) is 11.6 Å². The van der Waals surface area contributed by atoms with Gasteiger partial charge < -0.3 is 14.8 Å². The predicted octanol–water partition coefficient (Wildman–Crippen LogP) is 4.34. The van der Waals surface area contributed by atoms with Gasteiger partial charge in [0.1, 0.15) is 0 Å². The smallest absolute Gasteiger partial charge is 0.395 e. The number of hydrogen-bond donors (Lipinski definition) is 1. The minimum atomic E-state index is -3.58. The normalized spacial score (nSPS) is 15.5. The number of anilines is 1. The molecular formula is C12H8ClF2NO2S. The fourth-order valence-corrected chi connectivity index (χ4v) is 2.72. The Morgan fingerprint density at radius 2 is 1.95 bits per heavy atom. The van der Waals surface area contributed by atoms with Crippen molar-refractivity contribution in [3.63, 3.8) is 0 Å². The number of hydrogen-bond acceptors (Lipinski definition) is 4. The number of benzene rings is 1. The number of fused-ring (bicyclic) bond motifs is 1. The summed E-state index contributed by atoms with van der Waals surface area (Å²) in [5.41, 5.74) is 0.671. The number of rotatable bonds is 3. The van der Waals surface area contributed by atoms with E-state index in [9.17, 15) is 8.78 Å². The molecule has 1 aromatic heterocycles. The Hall–Kier alpha value is -1.53. The van der Waals surface area contributed by atoms with Crippen molar-refractivity contribution in [3.8, 4) is 11.5 Å². The second-order valence-corrected chi connectivity index (χ2v) is 5.69. The van der Waals surface area contributed by atoms with E-state index in [1.807, 2.05) is 12.1 Å². The van der Waals surface area contributed by atoms with Gasteiger partial charge in [-0.05, 0) is 24.3 Å². The minimum absolute atomic E-state index is 0.0270. The quantitative estimate of drug-likeness (QED) is 0.915. The van der Waals surface area contributed by atoms with E-state index in [-0.39, 0.29) is 11.5 Å². The number of ether oxygens (including phenoxy) is 2. The second kappa shape index (κ2) is 4.54. The number of thiophene rings is 1. The summed E-state index contributed by atoms with van der Waals surface area (Å²) in [6, 6.07) is 8.29. The zero-order valence-corrected chi connectivity index (χ0v) is 11.0. The van der Waals surface area contributed by atoms with Gasteiger partial charge in [-0.15, -0.1) is 20.1 Å². The maximum absolute atomic E-state index is 12.8. The summed E-state index contributed by atoms with van der Waals surface area (Å²) in [5.74, 6) is 0.0638. The SMILES string of the molecule is FC1(F)Oc2ccc(NCc3ccc(Cl)s3)cc2O1. The van der Waals surface area contributed by atoms with Crippen LogP contribution in [0.25, 0.3) is 0 Å². The van der Waals surface area contributed by atoms with Crippen LogP contribution in [0.5, 0.6) is 11.5 Å². The summed E-state index contributed by atoms with van der Waals surface area (Å²) in [6.45, 7) is 0.563. The van der Waals surface area contributed by atoms with Gasteiger partial charge in [0.25, 0.3) is 0 Å². The first-order chi connectivity index (χ1) is 9.02. The highest BCUT2D eigenvalue weighted by atomic mass is 35.5. The van der Waals surface area contributed by atoms with Crippen LogP contribution in [0.1, 0.15) is 4.88 Å². The third-order valence-corrected chi connectivity index (χ3v) is 3.73. The molecule has 0 saturated heterocycles. The average molecular weight is 304 g/mol. The van der Waals surface area contributed by atoms with Crippen LogP contribution in [0.3, 0.4) is 0 Å². The topological polar surface area (TPSA) is 30.5 Å². The molecule has 1 aliphatic rings. The average Bonchev–Trinajstić information content (AvgIpc) is 2.87. The standard InChI is InChI=1S/C12H8ClF2NO2S/c13-11-4-2-8(19-11)6-16-7-1-3-9-10(5-7)18-12(14,15)17-9/h1-5,16H,6H2. The van der Waals surface area contributed by atoms with Crippen molar-refractivity contribution in [2.24, 2.45) is 0 Å². The molecule has 1 aromatic carbocycles. The van der Waals surface area contributed by atoms with E-state index in [2.05, 4.69) is 14.8 Å². The lowest BCUT2D eigenvalue weighted by Gasteiger charge is -2.05. The van der Waals surface area contributed by atoms with Crippen molar-refractivity contribution in [2.75, 3.05) is 5.32 Å². The number of alkyl halides is 2. The van der Waals surface area contributed by atoms with E-state index in [0.717, 1.165) is 4.88 Å². The molecule has 0 unspecified atom stereocenters. The number of halogens is 3. The summed E-state index contributed by atoms with van der Waals surface area (Å²) in [5, 5.41) is 3.10. The molecule has 0 radical (unpaired) electrons. The van der Waals surface area contributed by atoms with Crippen molar-refractivity contribution in [1.29, 1.82) is 0 Å². The molecule has 1 aliphatic heterocycles. The fourth-order valence-electron chi connectivity index (χ4n) is 1.69. The molecule has 0 saturated carbocycles. The van der Waals surface area contributed by atoms with Gasteiger partial charge >= 0.3 is 6.29 Å². The van der Waals surface area contributed by atoms with Crippen LogP contribution < -0.4 is 14.8 Å². The lowest BCUT2D eigenvalue weighted by molar-refractivity contribution is -0.286. The Labute approximate surface area is 116 Å². The van der Waals surface area contributed by atoms with E-state index in [4.69, 9.17) is 11.6 Å². The molecule has 19 heavy (non-hydrogen) atoms. The van der Waals surface area contributed by atoms with Crippen LogP contribution in [0, 0.1) is 0 Å². The maximum Gasteiger partial charge on any atom is 0.586 e. The van der Waals surface area contributed by atoms with Crippen LogP contribution in [0.15, 0.2) is 30.3 Å². The van der Waals surface area contributed by atoms with E-state index in [1.54, 1.807) is 6.07 Å². The van der Waals surface area contributed by atoms with Gasteiger partial charge in [-0.3, -0.25) is 0 Å². The third kappa shape index (κ3) is 2.74. The van der Waals surface area contributed by atoms with E-state index in [1.165, 1.54) is 23.5 Å². The molecule has 3 rings (SSSR count). The Morgan fingerprint density at radius 1 is 1.16 bits per heavy atom. The highest BCUT2D eigenvalue weighted by Gasteiger charge is 2.43. The fraction of sp³-hybridized carbons (Fsp3) is 0.167. The van der Waals surface area contributed by atoms with Crippen LogP contribution in [0.2, 0.25) is 4.34 Å². The van der Waals surface area contributed by atoms with Crippen molar-refractivity contribution in [2.45, 2.75) is 12.8 Å². The Kier molecular flexibility index (Phi) is 2.99. The molecule has 0 spiro atoms. The molecule has 0 atom stereocenters. The third-order valence-electron chi connectivity index (χ3n) is 2.50. The summed E-state index contributed by atoms with van der Waals surface area (Å²) in [6.07, 6.45) is -3.58. The Balaban J connectivity index is 1.70. The summed E-state index contributed by atoms with van der Waals surface area (Å²) in [4.78, 5) is 1.05. The lowest BCUT2D eigenvalue weighted by Crippen LogP contribution is -2.25. The summed E-state index contributed by atoms with van der Waals surface area (Å²) < 4.78 is 35.1. The molecule has 2 heterocycles. The molecule has 1 N–H and O–H groups in total. The maximum atomic E-state index is 12.8. The van der Waals surface area contributed by atoms with Crippen LogP contribution in [0.4, 0.5) is 14.5 Å². The van der Waals surface area contributed by atoms with Gasteiger partial charge in [0.15, 0.2) is 11.5 Å². The van der Waals surface area contributed by atoms with E-state index < -0.39 is 6.29 Å². The highest BCUT2D eigenvalue weighted by Crippen LogP contribution is 2.42. The monoisotopic (exact) mass is 303 g/mol.